The Hall–Kier alpha value is -2.84. The monoisotopic (exact) mass is 366 g/mol. The van der Waals surface area contributed by atoms with E-state index in [4.69, 9.17) is 0 Å². The molecule has 2 N–H and O–H groups in total. The third-order valence-electron chi connectivity index (χ3n) is 5.12. The summed E-state index contributed by atoms with van der Waals surface area (Å²) in [5.41, 5.74) is 8.05. The van der Waals surface area contributed by atoms with Gasteiger partial charge in [0.1, 0.15) is 6.04 Å². The number of hydrazine groups is 1. The van der Waals surface area contributed by atoms with Crippen LogP contribution < -0.4 is 10.9 Å². The van der Waals surface area contributed by atoms with Gasteiger partial charge >= 0.3 is 0 Å². The SMILES string of the molecule is O=C(c1ccncc1)N1CCN(C(=O)C2CC(c3ccncc3)NN2)CC1. The Kier molecular flexibility index (Phi) is 5.08. The highest BCUT2D eigenvalue weighted by molar-refractivity contribution is 5.94. The number of carbonyl (C=O) groups is 2. The lowest BCUT2D eigenvalue weighted by Gasteiger charge is -2.35. The minimum absolute atomic E-state index is 0.0112. The van der Waals surface area contributed by atoms with E-state index in [2.05, 4.69) is 20.8 Å². The molecule has 2 atom stereocenters. The van der Waals surface area contributed by atoms with Gasteiger partial charge in [-0.2, -0.15) is 0 Å². The van der Waals surface area contributed by atoms with Crippen molar-refractivity contribution in [2.75, 3.05) is 26.2 Å². The minimum Gasteiger partial charge on any atom is -0.338 e. The van der Waals surface area contributed by atoms with Crippen LogP contribution in [0, 0.1) is 0 Å². The maximum atomic E-state index is 12.8. The molecule has 2 saturated heterocycles. The van der Waals surface area contributed by atoms with E-state index >= 15 is 0 Å². The average Bonchev–Trinajstić information content (AvgIpc) is 3.24. The minimum atomic E-state index is -0.259. The molecule has 2 aliphatic rings. The molecule has 4 heterocycles. The van der Waals surface area contributed by atoms with Gasteiger partial charge in [-0.1, -0.05) is 0 Å². The summed E-state index contributed by atoms with van der Waals surface area (Å²) in [5.74, 6) is 0.0676. The fraction of sp³-hybridized carbons (Fsp3) is 0.368. The van der Waals surface area contributed by atoms with Gasteiger partial charge in [-0.05, 0) is 36.2 Å². The maximum Gasteiger partial charge on any atom is 0.254 e. The Bertz CT molecular complexity index is 792. The Balaban J connectivity index is 1.31. The molecule has 2 aromatic rings. The number of aromatic nitrogens is 2. The number of hydrogen-bond donors (Lipinski definition) is 2. The summed E-state index contributed by atoms with van der Waals surface area (Å²) < 4.78 is 0. The number of nitrogens with zero attached hydrogens (tertiary/aromatic N) is 4. The average molecular weight is 366 g/mol. The molecule has 8 nitrogen and oxygen atoms in total. The van der Waals surface area contributed by atoms with Crippen molar-refractivity contribution < 1.29 is 9.59 Å². The van der Waals surface area contributed by atoms with Crippen molar-refractivity contribution in [3.63, 3.8) is 0 Å². The normalized spacial score (nSPS) is 22.7. The summed E-state index contributed by atoms with van der Waals surface area (Å²) in [4.78, 5) is 36.9. The number of piperazine rings is 1. The van der Waals surface area contributed by atoms with E-state index in [0.717, 1.165) is 5.56 Å². The lowest BCUT2D eigenvalue weighted by Crippen LogP contribution is -2.54. The second-order valence-corrected chi connectivity index (χ2v) is 6.76. The van der Waals surface area contributed by atoms with Crippen LogP contribution in [0.4, 0.5) is 0 Å². The van der Waals surface area contributed by atoms with E-state index in [9.17, 15) is 9.59 Å². The van der Waals surface area contributed by atoms with Crippen LogP contribution in [0.3, 0.4) is 0 Å². The molecule has 0 bridgehead atoms. The van der Waals surface area contributed by atoms with E-state index in [1.807, 2.05) is 17.0 Å². The quantitative estimate of drug-likeness (QED) is 0.816. The zero-order valence-corrected chi connectivity index (χ0v) is 14.9. The second-order valence-electron chi connectivity index (χ2n) is 6.76. The van der Waals surface area contributed by atoms with E-state index in [1.54, 1.807) is 41.8 Å². The van der Waals surface area contributed by atoms with Crippen molar-refractivity contribution in [2.24, 2.45) is 0 Å². The number of pyridine rings is 2. The summed E-state index contributed by atoms with van der Waals surface area (Å²) in [5, 5.41) is 0. The summed E-state index contributed by atoms with van der Waals surface area (Å²) in [6, 6.07) is 7.17. The van der Waals surface area contributed by atoms with Crippen molar-refractivity contribution in [3.05, 3.63) is 60.2 Å². The van der Waals surface area contributed by atoms with Crippen LogP contribution in [0.15, 0.2) is 49.1 Å². The topological polar surface area (TPSA) is 90.5 Å². The first-order valence-electron chi connectivity index (χ1n) is 9.11. The molecule has 0 aromatic carbocycles. The predicted molar refractivity (Wildman–Crippen MR) is 98.4 cm³/mol. The molecule has 140 valence electrons. The molecular weight excluding hydrogens is 344 g/mol. The molecule has 0 radical (unpaired) electrons. The lowest BCUT2D eigenvalue weighted by atomic mass is 10.0. The second kappa shape index (κ2) is 7.81. The largest absolute Gasteiger partial charge is 0.338 e. The molecule has 2 aliphatic heterocycles. The van der Waals surface area contributed by atoms with Gasteiger partial charge in [0.15, 0.2) is 0 Å². The van der Waals surface area contributed by atoms with Gasteiger partial charge in [0, 0.05) is 62.6 Å². The summed E-state index contributed by atoms with van der Waals surface area (Å²) in [6.45, 7) is 2.18. The van der Waals surface area contributed by atoms with Crippen molar-refractivity contribution in [3.8, 4) is 0 Å². The first-order valence-corrected chi connectivity index (χ1v) is 9.11. The van der Waals surface area contributed by atoms with E-state index in [0.29, 0.717) is 38.2 Å². The van der Waals surface area contributed by atoms with Gasteiger partial charge in [-0.25, -0.2) is 10.9 Å². The molecule has 0 saturated carbocycles. The molecule has 2 fully saturated rings. The number of hydrogen-bond acceptors (Lipinski definition) is 6. The fourth-order valence-electron chi connectivity index (χ4n) is 3.56. The number of amides is 2. The Labute approximate surface area is 157 Å². The van der Waals surface area contributed by atoms with Gasteiger partial charge < -0.3 is 9.80 Å². The third-order valence-corrected chi connectivity index (χ3v) is 5.12. The maximum absolute atomic E-state index is 12.8. The fourth-order valence-corrected chi connectivity index (χ4v) is 3.56. The Morgan fingerprint density at radius 2 is 1.44 bits per heavy atom. The highest BCUT2D eigenvalue weighted by Crippen LogP contribution is 2.22. The molecule has 4 rings (SSSR count). The molecule has 2 unspecified atom stereocenters. The van der Waals surface area contributed by atoms with Crippen LogP contribution in [-0.4, -0.2) is 63.8 Å². The zero-order chi connectivity index (χ0) is 18.6. The van der Waals surface area contributed by atoms with Gasteiger partial charge in [-0.3, -0.25) is 19.6 Å². The van der Waals surface area contributed by atoms with Crippen LogP contribution in [0.2, 0.25) is 0 Å². The molecule has 0 aliphatic carbocycles. The summed E-state index contributed by atoms with van der Waals surface area (Å²) >= 11 is 0. The van der Waals surface area contributed by atoms with Crippen molar-refractivity contribution in [1.29, 1.82) is 0 Å². The van der Waals surface area contributed by atoms with Crippen LogP contribution in [-0.2, 0) is 4.79 Å². The first-order chi connectivity index (χ1) is 13.2. The number of carbonyl (C=O) groups excluding carboxylic acids is 2. The highest BCUT2D eigenvalue weighted by Gasteiger charge is 2.34. The molecule has 8 heteroatoms. The van der Waals surface area contributed by atoms with Crippen molar-refractivity contribution >= 4 is 11.8 Å². The van der Waals surface area contributed by atoms with Gasteiger partial charge in [0.2, 0.25) is 5.91 Å². The predicted octanol–water partition coefficient (Wildman–Crippen LogP) is 0.369. The van der Waals surface area contributed by atoms with Crippen molar-refractivity contribution in [2.45, 2.75) is 18.5 Å². The van der Waals surface area contributed by atoms with Gasteiger partial charge in [0.25, 0.3) is 5.91 Å². The van der Waals surface area contributed by atoms with Crippen LogP contribution in [0.25, 0.3) is 0 Å². The van der Waals surface area contributed by atoms with Crippen molar-refractivity contribution in [1.82, 2.24) is 30.6 Å². The van der Waals surface area contributed by atoms with Crippen LogP contribution >= 0.6 is 0 Å². The molecular formula is C19H22N6O2. The Morgan fingerprint density at radius 3 is 2.11 bits per heavy atom. The number of rotatable bonds is 3. The highest BCUT2D eigenvalue weighted by atomic mass is 16.2. The molecule has 0 spiro atoms. The van der Waals surface area contributed by atoms with Crippen LogP contribution in [0.1, 0.15) is 28.4 Å². The molecule has 2 aromatic heterocycles. The molecule has 27 heavy (non-hydrogen) atoms. The van der Waals surface area contributed by atoms with Gasteiger partial charge in [0.05, 0.1) is 0 Å². The molecule has 2 amide bonds. The van der Waals surface area contributed by atoms with E-state index < -0.39 is 0 Å². The third kappa shape index (κ3) is 3.81. The smallest absolute Gasteiger partial charge is 0.254 e. The van der Waals surface area contributed by atoms with Gasteiger partial charge in [-0.15, -0.1) is 0 Å². The first kappa shape index (κ1) is 17.6. The standard InChI is InChI=1S/C19H22N6O2/c26-18(15-3-7-21-8-4-15)24-9-11-25(12-10-24)19(27)17-13-16(22-23-17)14-1-5-20-6-2-14/h1-8,16-17,22-23H,9-13H2. The summed E-state index contributed by atoms with van der Waals surface area (Å²) in [6.07, 6.45) is 7.44. The Morgan fingerprint density at radius 1 is 0.852 bits per heavy atom. The lowest BCUT2D eigenvalue weighted by molar-refractivity contribution is -0.134. The zero-order valence-electron chi connectivity index (χ0n) is 14.9. The summed E-state index contributed by atoms with van der Waals surface area (Å²) in [7, 11) is 0. The van der Waals surface area contributed by atoms with E-state index in [1.165, 1.54) is 0 Å². The van der Waals surface area contributed by atoms with E-state index in [-0.39, 0.29) is 23.9 Å². The number of nitrogens with one attached hydrogen (secondary N) is 2. The van der Waals surface area contributed by atoms with Crippen LogP contribution in [0.5, 0.6) is 0 Å².